The van der Waals surface area contributed by atoms with Crippen LogP contribution in [0.4, 0.5) is 0 Å². The molecule has 1 aromatic rings. The van der Waals surface area contributed by atoms with Crippen molar-refractivity contribution < 1.29 is 0 Å². The van der Waals surface area contributed by atoms with Gasteiger partial charge < -0.3 is 5.73 Å². The fourth-order valence-corrected chi connectivity index (χ4v) is 1.50. The number of hydrogen-bond acceptors (Lipinski definition) is 2. The van der Waals surface area contributed by atoms with Gasteiger partial charge in [0.15, 0.2) is 0 Å². The second-order valence-electron chi connectivity index (χ2n) is 4.43. The molecular weight excluding hydrogens is 162 g/mol. The molecule has 0 atom stereocenters. The molecule has 0 fully saturated rings. The lowest BCUT2D eigenvalue weighted by molar-refractivity contribution is 0.522. The predicted octanol–water partition coefficient (Wildman–Crippen LogP) is 1.22. The van der Waals surface area contributed by atoms with E-state index in [2.05, 4.69) is 31.9 Å². The van der Waals surface area contributed by atoms with Crippen LogP contribution in [0, 0.1) is 0 Å². The molecular formula is C10H19N3. The molecule has 0 aromatic carbocycles. The van der Waals surface area contributed by atoms with Gasteiger partial charge in [0, 0.05) is 24.6 Å². The first kappa shape index (κ1) is 10.3. The third-order valence-corrected chi connectivity index (χ3v) is 2.10. The van der Waals surface area contributed by atoms with Crippen molar-refractivity contribution in [3.05, 3.63) is 17.5 Å². The summed E-state index contributed by atoms with van der Waals surface area (Å²) in [7, 11) is 1.99. The van der Waals surface area contributed by atoms with Crippen LogP contribution in [0.2, 0.25) is 0 Å². The topological polar surface area (TPSA) is 43.8 Å². The molecule has 0 aliphatic carbocycles. The largest absolute Gasteiger partial charge is 0.330 e. The quantitative estimate of drug-likeness (QED) is 0.745. The summed E-state index contributed by atoms with van der Waals surface area (Å²) < 4.78 is 1.95. The third-order valence-electron chi connectivity index (χ3n) is 2.10. The van der Waals surface area contributed by atoms with E-state index in [-0.39, 0.29) is 5.41 Å². The molecule has 1 heterocycles. The number of aromatic nitrogens is 2. The highest BCUT2D eigenvalue weighted by Crippen LogP contribution is 2.22. The second kappa shape index (κ2) is 3.50. The Labute approximate surface area is 79.9 Å². The van der Waals surface area contributed by atoms with Crippen molar-refractivity contribution in [2.24, 2.45) is 12.8 Å². The number of nitrogens with two attached hydrogens (primary N) is 1. The Kier molecular flexibility index (Phi) is 2.76. The standard InChI is InChI=1S/C10H19N3/c1-10(2,3)9-7-8(5-6-11)12-13(9)4/h7H,5-6,11H2,1-4H3. The minimum absolute atomic E-state index is 0.161. The molecule has 0 amide bonds. The Balaban J connectivity index is 2.96. The van der Waals surface area contributed by atoms with Crippen LogP contribution < -0.4 is 5.73 Å². The number of nitrogens with zero attached hydrogens (tertiary/aromatic N) is 2. The van der Waals surface area contributed by atoms with Crippen molar-refractivity contribution in [3.8, 4) is 0 Å². The highest BCUT2D eigenvalue weighted by atomic mass is 15.3. The Morgan fingerprint density at radius 1 is 1.46 bits per heavy atom. The lowest BCUT2D eigenvalue weighted by atomic mass is 9.92. The first-order valence-electron chi connectivity index (χ1n) is 4.68. The van der Waals surface area contributed by atoms with E-state index in [1.807, 2.05) is 11.7 Å². The molecule has 0 aliphatic rings. The number of hydrogen-bond donors (Lipinski definition) is 1. The van der Waals surface area contributed by atoms with Crippen molar-refractivity contribution in [2.75, 3.05) is 6.54 Å². The summed E-state index contributed by atoms with van der Waals surface area (Å²) in [5.41, 5.74) is 7.99. The van der Waals surface area contributed by atoms with Gasteiger partial charge in [-0.25, -0.2) is 0 Å². The molecule has 0 aliphatic heterocycles. The molecule has 0 spiro atoms. The Morgan fingerprint density at radius 3 is 2.46 bits per heavy atom. The normalized spacial score (nSPS) is 12.1. The summed E-state index contributed by atoms with van der Waals surface area (Å²) in [6.45, 7) is 7.24. The molecule has 2 N–H and O–H groups in total. The van der Waals surface area contributed by atoms with Gasteiger partial charge in [-0.1, -0.05) is 20.8 Å². The van der Waals surface area contributed by atoms with E-state index in [4.69, 9.17) is 5.73 Å². The summed E-state index contributed by atoms with van der Waals surface area (Å²) >= 11 is 0. The van der Waals surface area contributed by atoms with Gasteiger partial charge in [-0.2, -0.15) is 5.10 Å². The minimum atomic E-state index is 0.161. The zero-order chi connectivity index (χ0) is 10.1. The average molecular weight is 181 g/mol. The maximum atomic E-state index is 5.48. The van der Waals surface area contributed by atoms with Gasteiger partial charge in [0.2, 0.25) is 0 Å². The fourth-order valence-electron chi connectivity index (χ4n) is 1.50. The molecule has 1 aromatic heterocycles. The predicted molar refractivity (Wildman–Crippen MR) is 54.7 cm³/mol. The number of aryl methyl sites for hydroxylation is 1. The van der Waals surface area contributed by atoms with E-state index in [9.17, 15) is 0 Å². The van der Waals surface area contributed by atoms with Crippen LogP contribution in [0.3, 0.4) is 0 Å². The zero-order valence-electron chi connectivity index (χ0n) is 8.96. The van der Waals surface area contributed by atoms with E-state index in [0.29, 0.717) is 6.54 Å². The van der Waals surface area contributed by atoms with Crippen LogP contribution in [0.15, 0.2) is 6.07 Å². The third kappa shape index (κ3) is 2.31. The van der Waals surface area contributed by atoms with Gasteiger partial charge in [-0.15, -0.1) is 0 Å². The van der Waals surface area contributed by atoms with Crippen LogP contribution in [0.5, 0.6) is 0 Å². The van der Waals surface area contributed by atoms with Gasteiger partial charge >= 0.3 is 0 Å². The Hall–Kier alpha value is -0.830. The van der Waals surface area contributed by atoms with E-state index in [0.717, 1.165) is 12.1 Å². The lowest BCUT2D eigenvalue weighted by Crippen LogP contribution is -2.16. The van der Waals surface area contributed by atoms with Gasteiger partial charge in [-0.3, -0.25) is 4.68 Å². The maximum Gasteiger partial charge on any atom is 0.0640 e. The van der Waals surface area contributed by atoms with Gasteiger partial charge in [0.25, 0.3) is 0 Å². The van der Waals surface area contributed by atoms with Crippen molar-refractivity contribution in [1.29, 1.82) is 0 Å². The molecule has 0 saturated heterocycles. The van der Waals surface area contributed by atoms with Crippen LogP contribution in [0.25, 0.3) is 0 Å². The van der Waals surface area contributed by atoms with Gasteiger partial charge in [0.1, 0.15) is 0 Å². The van der Waals surface area contributed by atoms with Gasteiger partial charge in [0.05, 0.1) is 5.69 Å². The summed E-state index contributed by atoms with van der Waals surface area (Å²) in [5.74, 6) is 0. The van der Waals surface area contributed by atoms with Crippen molar-refractivity contribution in [2.45, 2.75) is 32.6 Å². The SMILES string of the molecule is Cn1nc(CCN)cc1C(C)(C)C. The monoisotopic (exact) mass is 181 g/mol. The Bertz CT molecular complexity index is 281. The van der Waals surface area contributed by atoms with Crippen LogP contribution in [-0.2, 0) is 18.9 Å². The minimum Gasteiger partial charge on any atom is -0.330 e. The van der Waals surface area contributed by atoms with Crippen molar-refractivity contribution >= 4 is 0 Å². The molecule has 3 nitrogen and oxygen atoms in total. The summed E-state index contributed by atoms with van der Waals surface area (Å²) in [4.78, 5) is 0. The van der Waals surface area contributed by atoms with E-state index >= 15 is 0 Å². The van der Waals surface area contributed by atoms with E-state index in [1.165, 1.54) is 5.69 Å². The lowest BCUT2D eigenvalue weighted by Gasteiger charge is -2.17. The fraction of sp³-hybridized carbons (Fsp3) is 0.700. The van der Waals surface area contributed by atoms with E-state index in [1.54, 1.807) is 0 Å². The highest BCUT2D eigenvalue weighted by Gasteiger charge is 2.18. The average Bonchev–Trinajstić information content (AvgIpc) is 2.30. The van der Waals surface area contributed by atoms with Gasteiger partial charge in [-0.05, 0) is 12.6 Å². The molecule has 0 unspecified atom stereocenters. The molecule has 13 heavy (non-hydrogen) atoms. The first-order valence-corrected chi connectivity index (χ1v) is 4.68. The molecule has 0 bridgehead atoms. The van der Waals surface area contributed by atoms with Crippen LogP contribution in [0.1, 0.15) is 32.2 Å². The Morgan fingerprint density at radius 2 is 2.08 bits per heavy atom. The highest BCUT2D eigenvalue weighted by molar-refractivity contribution is 5.17. The molecule has 0 radical (unpaired) electrons. The first-order chi connectivity index (χ1) is 5.95. The van der Waals surface area contributed by atoms with Crippen LogP contribution >= 0.6 is 0 Å². The summed E-state index contributed by atoms with van der Waals surface area (Å²) in [5, 5.41) is 4.40. The van der Waals surface area contributed by atoms with E-state index < -0.39 is 0 Å². The van der Waals surface area contributed by atoms with Crippen molar-refractivity contribution in [1.82, 2.24) is 9.78 Å². The molecule has 0 saturated carbocycles. The molecule has 74 valence electrons. The number of rotatable bonds is 2. The second-order valence-corrected chi connectivity index (χ2v) is 4.43. The van der Waals surface area contributed by atoms with Crippen LogP contribution in [-0.4, -0.2) is 16.3 Å². The smallest absolute Gasteiger partial charge is 0.0640 e. The zero-order valence-corrected chi connectivity index (χ0v) is 8.96. The molecule has 3 heteroatoms. The maximum absolute atomic E-state index is 5.48. The summed E-state index contributed by atoms with van der Waals surface area (Å²) in [6, 6.07) is 2.15. The van der Waals surface area contributed by atoms with Crippen molar-refractivity contribution in [3.63, 3.8) is 0 Å². The molecule has 1 rings (SSSR count). The summed E-state index contributed by atoms with van der Waals surface area (Å²) in [6.07, 6.45) is 0.865.